The van der Waals surface area contributed by atoms with Crippen LogP contribution in [0.2, 0.25) is 0 Å². The van der Waals surface area contributed by atoms with Gasteiger partial charge in [0.25, 0.3) is 0 Å². The molecule has 0 saturated carbocycles. The standard InChI is InChI=1S/C11H14FNS/c12-10-4-2-1-3-8(10)9-5-6-14-7-11(9)13/h1-4,9,11H,5-7,13H2. The van der Waals surface area contributed by atoms with Gasteiger partial charge in [0.2, 0.25) is 0 Å². The van der Waals surface area contributed by atoms with Crippen LogP contribution in [0, 0.1) is 5.82 Å². The molecule has 0 amide bonds. The van der Waals surface area contributed by atoms with Gasteiger partial charge in [-0.3, -0.25) is 0 Å². The van der Waals surface area contributed by atoms with E-state index in [4.69, 9.17) is 5.73 Å². The fourth-order valence-corrected chi connectivity index (χ4v) is 3.01. The predicted molar refractivity (Wildman–Crippen MR) is 59.1 cm³/mol. The Bertz CT molecular complexity index is 316. The minimum Gasteiger partial charge on any atom is -0.326 e. The zero-order valence-electron chi connectivity index (χ0n) is 7.95. The molecule has 0 bridgehead atoms. The van der Waals surface area contributed by atoms with Gasteiger partial charge in [0.15, 0.2) is 0 Å². The fraction of sp³-hybridized carbons (Fsp3) is 0.455. The number of nitrogens with two attached hydrogens (primary N) is 1. The Hall–Kier alpha value is -0.540. The molecule has 1 aliphatic heterocycles. The Kier molecular flexibility index (Phi) is 3.08. The highest BCUT2D eigenvalue weighted by molar-refractivity contribution is 7.99. The second kappa shape index (κ2) is 4.32. The number of hydrogen-bond donors (Lipinski definition) is 1. The van der Waals surface area contributed by atoms with Crippen LogP contribution in [0.3, 0.4) is 0 Å². The van der Waals surface area contributed by atoms with Crippen LogP contribution in [0.15, 0.2) is 24.3 Å². The van der Waals surface area contributed by atoms with E-state index in [1.165, 1.54) is 6.07 Å². The number of rotatable bonds is 1. The Morgan fingerprint density at radius 2 is 2.14 bits per heavy atom. The Morgan fingerprint density at radius 1 is 1.36 bits per heavy atom. The Morgan fingerprint density at radius 3 is 2.86 bits per heavy atom. The monoisotopic (exact) mass is 211 g/mol. The average molecular weight is 211 g/mol. The maximum absolute atomic E-state index is 13.5. The van der Waals surface area contributed by atoms with Crippen molar-refractivity contribution in [1.82, 2.24) is 0 Å². The highest BCUT2D eigenvalue weighted by atomic mass is 32.2. The van der Waals surface area contributed by atoms with Crippen molar-refractivity contribution in [2.75, 3.05) is 11.5 Å². The van der Waals surface area contributed by atoms with E-state index in [1.54, 1.807) is 6.07 Å². The summed E-state index contributed by atoms with van der Waals surface area (Å²) < 4.78 is 13.5. The zero-order chi connectivity index (χ0) is 9.97. The summed E-state index contributed by atoms with van der Waals surface area (Å²) in [6.45, 7) is 0. The summed E-state index contributed by atoms with van der Waals surface area (Å²) in [4.78, 5) is 0. The smallest absolute Gasteiger partial charge is 0.126 e. The largest absolute Gasteiger partial charge is 0.326 e. The molecule has 14 heavy (non-hydrogen) atoms. The molecule has 76 valence electrons. The molecule has 2 N–H and O–H groups in total. The summed E-state index contributed by atoms with van der Waals surface area (Å²) in [6, 6.07) is 7.08. The lowest BCUT2D eigenvalue weighted by atomic mass is 9.90. The highest BCUT2D eigenvalue weighted by Gasteiger charge is 2.25. The van der Waals surface area contributed by atoms with Crippen LogP contribution in [-0.2, 0) is 0 Å². The molecular formula is C11H14FNS. The van der Waals surface area contributed by atoms with E-state index < -0.39 is 0 Å². The number of thioether (sulfide) groups is 1. The van der Waals surface area contributed by atoms with E-state index in [9.17, 15) is 4.39 Å². The molecule has 1 fully saturated rings. The molecule has 1 aromatic carbocycles. The molecule has 0 aliphatic carbocycles. The predicted octanol–water partition coefficient (Wildman–Crippen LogP) is 2.37. The van der Waals surface area contributed by atoms with Gasteiger partial charge >= 0.3 is 0 Å². The van der Waals surface area contributed by atoms with Gasteiger partial charge in [0, 0.05) is 17.7 Å². The molecule has 1 heterocycles. The Balaban J connectivity index is 2.25. The van der Waals surface area contributed by atoms with Crippen molar-refractivity contribution in [1.29, 1.82) is 0 Å². The molecule has 0 aromatic heterocycles. The van der Waals surface area contributed by atoms with Crippen molar-refractivity contribution in [3.8, 4) is 0 Å². The average Bonchev–Trinajstić information content (AvgIpc) is 2.20. The summed E-state index contributed by atoms with van der Waals surface area (Å²) in [5.41, 5.74) is 6.78. The van der Waals surface area contributed by atoms with Gasteiger partial charge in [-0.2, -0.15) is 11.8 Å². The van der Waals surface area contributed by atoms with Crippen molar-refractivity contribution in [2.45, 2.75) is 18.4 Å². The molecule has 1 aliphatic rings. The molecule has 1 nitrogen and oxygen atoms in total. The van der Waals surface area contributed by atoms with Gasteiger partial charge in [-0.05, 0) is 23.8 Å². The molecule has 2 atom stereocenters. The fourth-order valence-electron chi connectivity index (χ4n) is 1.92. The Labute approximate surface area is 87.9 Å². The van der Waals surface area contributed by atoms with E-state index in [1.807, 2.05) is 23.9 Å². The number of hydrogen-bond acceptors (Lipinski definition) is 2. The van der Waals surface area contributed by atoms with E-state index >= 15 is 0 Å². The number of benzene rings is 1. The van der Waals surface area contributed by atoms with E-state index in [2.05, 4.69) is 0 Å². The van der Waals surface area contributed by atoms with E-state index in [-0.39, 0.29) is 17.8 Å². The summed E-state index contributed by atoms with van der Waals surface area (Å²) in [6.07, 6.45) is 0.993. The molecule has 1 saturated heterocycles. The van der Waals surface area contributed by atoms with Crippen LogP contribution in [0.25, 0.3) is 0 Å². The lowest BCUT2D eigenvalue weighted by molar-refractivity contribution is 0.511. The lowest BCUT2D eigenvalue weighted by Gasteiger charge is -2.28. The summed E-state index contributed by atoms with van der Waals surface area (Å²) in [5.74, 6) is 2.13. The van der Waals surface area contributed by atoms with Gasteiger partial charge in [-0.25, -0.2) is 4.39 Å². The van der Waals surface area contributed by atoms with Crippen LogP contribution in [0.5, 0.6) is 0 Å². The van der Waals surface area contributed by atoms with E-state index in [0.29, 0.717) is 0 Å². The SMILES string of the molecule is NC1CSCCC1c1ccccc1F. The van der Waals surface area contributed by atoms with Crippen LogP contribution >= 0.6 is 11.8 Å². The van der Waals surface area contributed by atoms with Crippen LogP contribution < -0.4 is 5.73 Å². The highest BCUT2D eigenvalue weighted by Crippen LogP contribution is 2.31. The van der Waals surface area contributed by atoms with Gasteiger partial charge < -0.3 is 5.73 Å². The first-order valence-corrected chi connectivity index (χ1v) is 6.02. The van der Waals surface area contributed by atoms with E-state index in [0.717, 1.165) is 23.5 Å². The first-order chi connectivity index (χ1) is 6.79. The first-order valence-electron chi connectivity index (χ1n) is 4.87. The van der Waals surface area contributed by atoms with Crippen LogP contribution in [-0.4, -0.2) is 17.5 Å². The van der Waals surface area contributed by atoms with Gasteiger partial charge in [-0.1, -0.05) is 18.2 Å². The zero-order valence-corrected chi connectivity index (χ0v) is 8.77. The third-order valence-corrected chi connectivity index (χ3v) is 3.85. The second-order valence-electron chi connectivity index (χ2n) is 3.66. The van der Waals surface area contributed by atoms with Crippen molar-refractivity contribution < 1.29 is 4.39 Å². The topological polar surface area (TPSA) is 26.0 Å². The van der Waals surface area contributed by atoms with Crippen molar-refractivity contribution in [3.63, 3.8) is 0 Å². The van der Waals surface area contributed by atoms with Crippen molar-refractivity contribution >= 4 is 11.8 Å². The van der Waals surface area contributed by atoms with Gasteiger partial charge in [-0.15, -0.1) is 0 Å². The minimum atomic E-state index is -0.111. The summed E-state index contributed by atoms with van der Waals surface area (Å²) in [5, 5.41) is 0. The molecular weight excluding hydrogens is 197 g/mol. The van der Waals surface area contributed by atoms with Crippen molar-refractivity contribution in [3.05, 3.63) is 35.6 Å². The third kappa shape index (κ3) is 1.93. The summed E-state index contributed by atoms with van der Waals surface area (Å²) >= 11 is 1.86. The third-order valence-electron chi connectivity index (χ3n) is 2.71. The quantitative estimate of drug-likeness (QED) is 0.771. The van der Waals surface area contributed by atoms with Crippen LogP contribution in [0.4, 0.5) is 4.39 Å². The molecule has 0 spiro atoms. The maximum Gasteiger partial charge on any atom is 0.126 e. The van der Waals surface area contributed by atoms with Gasteiger partial charge in [0.05, 0.1) is 0 Å². The van der Waals surface area contributed by atoms with Gasteiger partial charge in [0.1, 0.15) is 5.82 Å². The summed E-state index contributed by atoms with van der Waals surface area (Å²) in [7, 11) is 0. The molecule has 3 heteroatoms. The first kappa shape index (κ1) is 9.99. The minimum absolute atomic E-state index is 0.102. The molecule has 2 rings (SSSR count). The molecule has 1 aromatic rings. The molecule has 0 radical (unpaired) electrons. The van der Waals surface area contributed by atoms with Crippen LogP contribution in [0.1, 0.15) is 17.9 Å². The van der Waals surface area contributed by atoms with Crippen molar-refractivity contribution in [2.24, 2.45) is 5.73 Å². The maximum atomic E-state index is 13.5. The molecule has 2 unspecified atom stereocenters. The second-order valence-corrected chi connectivity index (χ2v) is 4.81. The number of halogens is 1. The normalized spacial score (nSPS) is 27.6. The lowest BCUT2D eigenvalue weighted by Crippen LogP contribution is -2.34.